The lowest BCUT2D eigenvalue weighted by Gasteiger charge is -2.14. The highest BCUT2D eigenvalue weighted by atomic mass is 79.9. The highest BCUT2D eigenvalue weighted by molar-refractivity contribution is 9.10. The van der Waals surface area contributed by atoms with Crippen molar-refractivity contribution < 1.29 is 8.42 Å². The number of rotatable bonds is 5. The standard InChI is InChI=1S/C16H15BrClNO2S/c1-12(15-4-2-3-5-16(15)17)19-22(20,21)11-10-13-6-8-14(18)9-7-13/h2-12,19H,1H3/b11-10+/t12-/m0/s1. The van der Waals surface area contributed by atoms with Gasteiger partial charge < -0.3 is 0 Å². The first-order chi connectivity index (χ1) is 10.4. The second kappa shape index (κ2) is 7.42. The van der Waals surface area contributed by atoms with Gasteiger partial charge in [0, 0.05) is 20.9 Å². The predicted octanol–water partition coefficient (Wildman–Crippen LogP) is 4.75. The summed E-state index contributed by atoms with van der Waals surface area (Å²) in [5, 5.41) is 1.77. The van der Waals surface area contributed by atoms with Crippen molar-refractivity contribution in [3.63, 3.8) is 0 Å². The average molecular weight is 401 g/mol. The number of hydrogen-bond donors (Lipinski definition) is 1. The molecule has 0 bridgehead atoms. The Balaban J connectivity index is 2.11. The lowest BCUT2D eigenvalue weighted by atomic mass is 10.1. The van der Waals surface area contributed by atoms with Gasteiger partial charge >= 0.3 is 0 Å². The molecule has 1 atom stereocenters. The summed E-state index contributed by atoms with van der Waals surface area (Å²) in [6, 6.07) is 14.1. The van der Waals surface area contributed by atoms with E-state index < -0.39 is 10.0 Å². The summed E-state index contributed by atoms with van der Waals surface area (Å²) in [7, 11) is -3.54. The van der Waals surface area contributed by atoms with Crippen LogP contribution in [0.1, 0.15) is 24.1 Å². The van der Waals surface area contributed by atoms with Crippen molar-refractivity contribution in [3.05, 3.63) is 74.6 Å². The second-order valence-electron chi connectivity index (χ2n) is 4.76. The number of nitrogens with one attached hydrogen (secondary N) is 1. The summed E-state index contributed by atoms with van der Waals surface area (Å²) in [5.74, 6) is 0. The molecule has 6 heteroatoms. The number of halogens is 2. The summed E-state index contributed by atoms with van der Waals surface area (Å²) >= 11 is 9.22. The highest BCUT2D eigenvalue weighted by Crippen LogP contribution is 2.23. The van der Waals surface area contributed by atoms with Crippen LogP contribution in [0.15, 0.2) is 58.4 Å². The zero-order valence-electron chi connectivity index (χ0n) is 11.8. The van der Waals surface area contributed by atoms with Gasteiger partial charge in [-0.05, 0) is 42.3 Å². The molecule has 0 aliphatic carbocycles. The first kappa shape index (κ1) is 17.2. The van der Waals surface area contributed by atoms with Crippen LogP contribution in [-0.2, 0) is 10.0 Å². The highest BCUT2D eigenvalue weighted by Gasteiger charge is 2.14. The van der Waals surface area contributed by atoms with E-state index >= 15 is 0 Å². The van der Waals surface area contributed by atoms with E-state index in [1.165, 1.54) is 6.08 Å². The average Bonchev–Trinajstić information content (AvgIpc) is 2.46. The molecule has 22 heavy (non-hydrogen) atoms. The van der Waals surface area contributed by atoms with E-state index in [1.807, 2.05) is 24.3 Å². The Morgan fingerprint density at radius 1 is 1.14 bits per heavy atom. The SMILES string of the molecule is C[C@H](NS(=O)(=O)/C=C/c1ccc(Cl)cc1)c1ccccc1Br. The molecule has 0 unspecified atom stereocenters. The third-order valence-electron chi connectivity index (χ3n) is 3.02. The Morgan fingerprint density at radius 3 is 2.41 bits per heavy atom. The Morgan fingerprint density at radius 2 is 1.77 bits per heavy atom. The molecular weight excluding hydrogens is 386 g/mol. The monoisotopic (exact) mass is 399 g/mol. The van der Waals surface area contributed by atoms with E-state index in [1.54, 1.807) is 31.2 Å². The van der Waals surface area contributed by atoms with Gasteiger partial charge in [0.05, 0.1) is 0 Å². The lowest BCUT2D eigenvalue weighted by Crippen LogP contribution is -2.25. The Labute approximate surface area is 144 Å². The van der Waals surface area contributed by atoms with Gasteiger partial charge in [-0.1, -0.05) is 57.9 Å². The van der Waals surface area contributed by atoms with Crippen LogP contribution in [0, 0.1) is 0 Å². The molecule has 0 fully saturated rings. The Kier molecular flexibility index (Phi) is 5.81. The van der Waals surface area contributed by atoms with Crippen molar-refractivity contribution >= 4 is 43.6 Å². The van der Waals surface area contributed by atoms with Crippen molar-refractivity contribution in [3.8, 4) is 0 Å². The fourth-order valence-corrected chi connectivity index (χ4v) is 3.71. The smallest absolute Gasteiger partial charge is 0.208 e. The molecule has 0 aliphatic heterocycles. The van der Waals surface area contributed by atoms with E-state index in [4.69, 9.17) is 11.6 Å². The second-order valence-corrected chi connectivity index (χ2v) is 7.65. The van der Waals surface area contributed by atoms with Gasteiger partial charge in [0.2, 0.25) is 10.0 Å². The zero-order chi connectivity index (χ0) is 16.2. The van der Waals surface area contributed by atoms with Crippen molar-refractivity contribution in [1.82, 2.24) is 4.72 Å². The van der Waals surface area contributed by atoms with Crippen molar-refractivity contribution in [1.29, 1.82) is 0 Å². The molecule has 116 valence electrons. The fourth-order valence-electron chi connectivity index (χ4n) is 1.92. The van der Waals surface area contributed by atoms with Gasteiger partial charge in [-0.3, -0.25) is 0 Å². The molecule has 2 aromatic carbocycles. The molecule has 0 aromatic heterocycles. The molecule has 2 rings (SSSR count). The van der Waals surface area contributed by atoms with Gasteiger partial charge in [-0.15, -0.1) is 0 Å². The fraction of sp³-hybridized carbons (Fsp3) is 0.125. The van der Waals surface area contributed by atoms with E-state index in [9.17, 15) is 8.42 Å². The molecular formula is C16H15BrClNO2S. The molecule has 1 N–H and O–H groups in total. The van der Waals surface area contributed by atoms with Crippen LogP contribution in [0.3, 0.4) is 0 Å². The van der Waals surface area contributed by atoms with Crippen LogP contribution in [0.25, 0.3) is 6.08 Å². The summed E-state index contributed by atoms with van der Waals surface area (Å²) < 4.78 is 27.7. The van der Waals surface area contributed by atoms with Crippen LogP contribution >= 0.6 is 27.5 Å². The van der Waals surface area contributed by atoms with Gasteiger partial charge in [0.15, 0.2) is 0 Å². The van der Waals surface area contributed by atoms with Crippen LogP contribution < -0.4 is 4.72 Å². The van der Waals surface area contributed by atoms with E-state index in [-0.39, 0.29) is 6.04 Å². The molecule has 2 aromatic rings. The van der Waals surface area contributed by atoms with E-state index in [2.05, 4.69) is 20.7 Å². The van der Waals surface area contributed by atoms with Crippen LogP contribution in [0.2, 0.25) is 5.02 Å². The topological polar surface area (TPSA) is 46.2 Å². The van der Waals surface area contributed by atoms with Gasteiger partial charge in [-0.2, -0.15) is 0 Å². The van der Waals surface area contributed by atoms with Crippen LogP contribution in [0.4, 0.5) is 0 Å². The molecule has 0 heterocycles. The Hall–Kier alpha value is -1.14. The molecule has 0 spiro atoms. The minimum atomic E-state index is -3.54. The summed E-state index contributed by atoms with van der Waals surface area (Å²) in [6.07, 6.45) is 1.53. The van der Waals surface area contributed by atoms with Crippen molar-refractivity contribution in [2.24, 2.45) is 0 Å². The summed E-state index contributed by atoms with van der Waals surface area (Å²) in [5.41, 5.74) is 1.65. The zero-order valence-corrected chi connectivity index (χ0v) is 15.0. The quantitative estimate of drug-likeness (QED) is 0.787. The maximum Gasteiger partial charge on any atom is 0.234 e. The third-order valence-corrected chi connectivity index (χ3v) is 5.17. The van der Waals surface area contributed by atoms with E-state index in [0.29, 0.717) is 5.02 Å². The molecule has 3 nitrogen and oxygen atoms in total. The normalized spacial score (nSPS) is 13.4. The minimum Gasteiger partial charge on any atom is -0.208 e. The molecule has 0 saturated carbocycles. The van der Waals surface area contributed by atoms with Crippen LogP contribution in [-0.4, -0.2) is 8.42 Å². The summed E-state index contributed by atoms with van der Waals surface area (Å²) in [6.45, 7) is 1.80. The summed E-state index contributed by atoms with van der Waals surface area (Å²) in [4.78, 5) is 0. The number of benzene rings is 2. The third kappa shape index (κ3) is 4.95. The van der Waals surface area contributed by atoms with E-state index in [0.717, 1.165) is 21.0 Å². The largest absolute Gasteiger partial charge is 0.234 e. The first-order valence-corrected chi connectivity index (χ1v) is 9.29. The predicted molar refractivity (Wildman–Crippen MR) is 95.1 cm³/mol. The Bertz CT molecular complexity index is 773. The van der Waals surface area contributed by atoms with Crippen molar-refractivity contribution in [2.75, 3.05) is 0 Å². The first-order valence-electron chi connectivity index (χ1n) is 6.58. The van der Waals surface area contributed by atoms with Gasteiger partial charge in [-0.25, -0.2) is 13.1 Å². The number of sulfonamides is 1. The molecule has 0 saturated heterocycles. The molecule has 0 radical (unpaired) electrons. The maximum atomic E-state index is 12.1. The maximum absolute atomic E-state index is 12.1. The van der Waals surface area contributed by atoms with Crippen LogP contribution in [0.5, 0.6) is 0 Å². The number of hydrogen-bond acceptors (Lipinski definition) is 2. The van der Waals surface area contributed by atoms with Crippen molar-refractivity contribution in [2.45, 2.75) is 13.0 Å². The van der Waals surface area contributed by atoms with Gasteiger partial charge in [0.25, 0.3) is 0 Å². The molecule has 0 amide bonds. The minimum absolute atomic E-state index is 0.338. The molecule has 0 aliphatic rings. The lowest BCUT2D eigenvalue weighted by molar-refractivity contribution is 0.576. The van der Waals surface area contributed by atoms with Gasteiger partial charge in [0.1, 0.15) is 0 Å².